The van der Waals surface area contributed by atoms with Gasteiger partial charge in [0.2, 0.25) is 0 Å². The first-order valence-corrected chi connectivity index (χ1v) is 5.61. The highest BCUT2D eigenvalue weighted by atomic mass is 16.4. The Morgan fingerprint density at radius 3 is 2.29 bits per heavy atom. The number of nitrogens with one attached hydrogen (secondary N) is 1. The molecule has 0 aliphatic rings. The minimum atomic E-state index is -0.969. The number of carbonyl (C=O) groups excluding carboxylic acids is 1. The number of urea groups is 1. The van der Waals surface area contributed by atoms with Gasteiger partial charge in [-0.1, -0.05) is 6.92 Å². The molecular weight excluding hydrogens is 224 g/mol. The van der Waals surface area contributed by atoms with Gasteiger partial charge in [-0.25, -0.2) is 4.79 Å². The van der Waals surface area contributed by atoms with Crippen LogP contribution in [0.4, 0.5) is 4.79 Å². The molecule has 0 rings (SSSR count). The van der Waals surface area contributed by atoms with Crippen molar-refractivity contribution >= 4 is 12.0 Å². The van der Waals surface area contributed by atoms with Gasteiger partial charge in [-0.3, -0.25) is 4.79 Å². The van der Waals surface area contributed by atoms with Gasteiger partial charge < -0.3 is 20.4 Å². The molecule has 6 nitrogen and oxygen atoms in total. The molecule has 0 aromatic carbocycles. The summed E-state index contributed by atoms with van der Waals surface area (Å²) in [4.78, 5) is 23.6. The Morgan fingerprint density at radius 1 is 1.41 bits per heavy atom. The van der Waals surface area contributed by atoms with Crippen molar-refractivity contribution in [3.05, 3.63) is 0 Å². The molecule has 0 fully saturated rings. The molecule has 3 N–H and O–H groups in total. The molecule has 6 heteroatoms. The average Bonchev–Trinajstić information content (AvgIpc) is 2.15. The molecule has 2 amide bonds. The molecule has 0 saturated carbocycles. The first kappa shape index (κ1) is 15.7. The summed E-state index contributed by atoms with van der Waals surface area (Å²) in [5, 5.41) is 20.9. The van der Waals surface area contributed by atoms with E-state index in [0.29, 0.717) is 6.42 Å². The van der Waals surface area contributed by atoms with E-state index in [4.69, 9.17) is 5.11 Å². The predicted molar refractivity (Wildman–Crippen MR) is 63.7 cm³/mol. The van der Waals surface area contributed by atoms with Crippen LogP contribution in [0.3, 0.4) is 0 Å². The fourth-order valence-corrected chi connectivity index (χ4v) is 1.40. The van der Waals surface area contributed by atoms with Gasteiger partial charge in [0.05, 0.1) is 18.1 Å². The van der Waals surface area contributed by atoms with E-state index in [0.717, 1.165) is 0 Å². The molecule has 0 spiro atoms. The van der Waals surface area contributed by atoms with Crippen molar-refractivity contribution in [2.24, 2.45) is 5.92 Å². The molecule has 0 aromatic heterocycles. The lowest BCUT2D eigenvalue weighted by atomic mass is 10.1. The number of nitrogens with zero attached hydrogens (tertiary/aromatic N) is 1. The summed E-state index contributed by atoms with van der Waals surface area (Å²) in [5.41, 5.74) is -0.969. The van der Waals surface area contributed by atoms with E-state index in [-0.39, 0.29) is 19.1 Å². The SMILES string of the molecule is CCC(CNC(=O)N(C)CC(C)(C)O)C(=O)O. The molecule has 0 saturated heterocycles. The summed E-state index contributed by atoms with van der Waals surface area (Å²) >= 11 is 0. The highest BCUT2D eigenvalue weighted by Gasteiger charge is 2.21. The second-order valence-corrected chi connectivity index (χ2v) is 4.80. The van der Waals surface area contributed by atoms with Gasteiger partial charge in [0, 0.05) is 13.6 Å². The lowest BCUT2D eigenvalue weighted by Crippen LogP contribution is -2.46. The third-order valence-electron chi connectivity index (χ3n) is 2.31. The quantitative estimate of drug-likeness (QED) is 0.637. The zero-order chi connectivity index (χ0) is 13.6. The predicted octanol–water partition coefficient (Wildman–Crippen LogP) is 0.509. The van der Waals surface area contributed by atoms with Gasteiger partial charge in [0.25, 0.3) is 0 Å². The summed E-state index contributed by atoms with van der Waals surface area (Å²) in [7, 11) is 1.55. The highest BCUT2D eigenvalue weighted by molar-refractivity contribution is 5.75. The van der Waals surface area contributed by atoms with E-state index in [9.17, 15) is 14.7 Å². The minimum Gasteiger partial charge on any atom is -0.481 e. The van der Waals surface area contributed by atoms with Gasteiger partial charge in [-0.05, 0) is 20.3 Å². The van der Waals surface area contributed by atoms with Crippen LogP contribution in [0, 0.1) is 5.92 Å². The van der Waals surface area contributed by atoms with Crippen molar-refractivity contribution in [3.8, 4) is 0 Å². The van der Waals surface area contributed by atoms with Gasteiger partial charge in [0.15, 0.2) is 0 Å². The number of amides is 2. The second kappa shape index (κ2) is 6.44. The third kappa shape index (κ3) is 6.78. The molecule has 100 valence electrons. The highest BCUT2D eigenvalue weighted by Crippen LogP contribution is 2.04. The molecule has 1 atom stereocenters. The lowest BCUT2D eigenvalue weighted by molar-refractivity contribution is -0.141. The number of hydrogen-bond donors (Lipinski definition) is 3. The number of carbonyl (C=O) groups is 2. The van der Waals surface area contributed by atoms with Crippen LogP contribution in [0.25, 0.3) is 0 Å². The monoisotopic (exact) mass is 246 g/mol. The van der Waals surface area contributed by atoms with E-state index in [2.05, 4.69) is 5.32 Å². The van der Waals surface area contributed by atoms with Crippen molar-refractivity contribution in [2.75, 3.05) is 20.1 Å². The largest absolute Gasteiger partial charge is 0.481 e. The van der Waals surface area contributed by atoms with Crippen LogP contribution in [0.1, 0.15) is 27.2 Å². The maximum atomic E-state index is 11.6. The standard InChI is InChI=1S/C11H22N2O4/c1-5-8(9(14)15)6-12-10(16)13(4)7-11(2,3)17/h8,17H,5-7H2,1-4H3,(H,12,16)(H,14,15). The third-order valence-corrected chi connectivity index (χ3v) is 2.31. The smallest absolute Gasteiger partial charge is 0.317 e. The first-order chi connectivity index (χ1) is 7.67. The molecule has 0 aliphatic heterocycles. The maximum Gasteiger partial charge on any atom is 0.317 e. The number of carboxylic acid groups (broad SMARTS) is 1. The minimum absolute atomic E-state index is 0.0981. The molecule has 0 radical (unpaired) electrons. The van der Waals surface area contributed by atoms with Crippen molar-refractivity contribution in [1.29, 1.82) is 0 Å². The summed E-state index contributed by atoms with van der Waals surface area (Å²) < 4.78 is 0. The maximum absolute atomic E-state index is 11.6. The van der Waals surface area contributed by atoms with Crippen LogP contribution >= 0.6 is 0 Å². The molecular formula is C11H22N2O4. The van der Waals surface area contributed by atoms with Crippen LogP contribution in [-0.2, 0) is 4.79 Å². The van der Waals surface area contributed by atoms with E-state index in [1.807, 2.05) is 0 Å². The topological polar surface area (TPSA) is 89.9 Å². The molecule has 17 heavy (non-hydrogen) atoms. The van der Waals surface area contributed by atoms with Crippen molar-refractivity contribution < 1.29 is 19.8 Å². The fraction of sp³-hybridized carbons (Fsp3) is 0.818. The number of aliphatic carboxylic acids is 1. The molecule has 0 aromatic rings. The summed E-state index contributed by atoms with van der Waals surface area (Å²) in [6.45, 7) is 5.24. The van der Waals surface area contributed by atoms with Gasteiger partial charge >= 0.3 is 12.0 Å². The van der Waals surface area contributed by atoms with E-state index in [1.54, 1.807) is 27.8 Å². The Balaban J connectivity index is 4.13. The lowest BCUT2D eigenvalue weighted by Gasteiger charge is -2.26. The number of aliphatic hydroxyl groups is 1. The summed E-state index contributed by atoms with van der Waals surface area (Å²) in [6, 6.07) is -0.383. The van der Waals surface area contributed by atoms with E-state index < -0.39 is 17.5 Å². The van der Waals surface area contributed by atoms with Gasteiger partial charge in [-0.2, -0.15) is 0 Å². The molecule has 0 bridgehead atoms. The fourth-order valence-electron chi connectivity index (χ4n) is 1.40. The average molecular weight is 246 g/mol. The van der Waals surface area contributed by atoms with Crippen molar-refractivity contribution in [1.82, 2.24) is 10.2 Å². The Bertz CT molecular complexity index is 273. The number of carboxylic acids is 1. The van der Waals surface area contributed by atoms with Crippen molar-refractivity contribution in [3.63, 3.8) is 0 Å². The van der Waals surface area contributed by atoms with E-state index in [1.165, 1.54) is 4.90 Å². The first-order valence-electron chi connectivity index (χ1n) is 5.61. The zero-order valence-electron chi connectivity index (χ0n) is 10.9. The summed E-state index contributed by atoms with van der Waals surface area (Å²) in [6.07, 6.45) is 0.463. The second-order valence-electron chi connectivity index (χ2n) is 4.80. The summed E-state index contributed by atoms with van der Waals surface area (Å²) in [5.74, 6) is -1.49. The Hall–Kier alpha value is -1.30. The zero-order valence-corrected chi connectivity index (χ0v) is 10.9. The van der Waals surface area contributed by atoms with Crippen LogP contribution in [0.15, 0.2) is 0 Å². The number of hydrogen-bond acceptors (Lipinski definition) is 3. The van der Waals surface area contributed by atoms with Crippen LogP contribution < -0.4 is 5.32 Å². The van der Waals surface area contributed by atoms with Crippen LogP contribution in [-0.4, -0.2) is 52.9 Å². The molecule has 0 heterocycles. The normalized spacial score (nSPS) is 13.0. The van der Waals surface area contributed by atoms with Crippen molar-refractivity contribution in [2.45, 2.75) is 32.8 Å². The number of likely N-dealkylation sites (N-methyl/N-ethyl adjacent to an activating group) is 1. The number of rotatable bonds is 6. The van der Waals surface area contributed by atoms with Crippen LogP contribution in [0.2, 0.25) is 0 Å². The molecule has 1 unspecified atom stereocenters. The van der Waals surface area contributed by atoms with Gasteiger partial charge in [0.1, 0.15) is 0 Å². The molecule has 0 aliphatic carbocycles. The van der Waals surface area contributed by atoms with Crippen LogP contribution in [0.5, 0.6) is 0 Å². The van der Waals surface area contributed by atoms with Gasteiger partial charge in [-0.15, -0.1) is 0 Å². The van der Waals surface area contributed by atoms with E-state index >= 15 is 0 Å². The Morgan fingerprint density at radius 2 is 1.94 bits per heavy atom. The Kier molecular flexibility index (Phi) is 5.95. The Labute approximate surface area is 102 Å².